The van der Waals surface area contributed by atoms with E-state index in [9.17, 15) is 5.26 Å². The van der Waals surface area contributed by atoms with E-state index in [-0.39, 0.29) is 5.54 Å². The van der Waals surface area contributed by atoms with Gasteiger partial charge in [-0.3, -0.25) is 5.32 Å². The molecule has 1 aliphatic rings. The average molecular weight is 317 g/mol. The topological polar surface area (TPSA) is 48.7 Å². The lowest BCUT2D eigenvalue weighted by atomic mass is 9.99. The highest BCUT2D eigenvalue weighted by molar-refractivity contribution is 8.01. The molecule has 1 aliphatic carbocycles. The molecular formula is C16H19N3S2. The molecule has 1 fully saturated rings. The van der Waals surface area contributed by atoms with Crippen molar-refractivity contribution < 1.29 is 0 Å². The van der Waals surface area contributed by atoms with Gasteiger partial charge in [0.15, 0.2) is 4.34 Å². The summed E-state index contributed by atoms with van der Waals surface area (Å²) in [6.07, 6.45) is 2.92. The van der Waals surface area contributed by atoms with Crippen molar-refractivity contribution in [1.29, 1.82) is 5.26 Å². The lowest BCUT2D eigenvalue weighted by molar-refractivity contribution is 0.386. The summed E-state index contributed by atoms with van der Waals surface area (Å²) in [5.74, 6) is 0. The Morgan fingerprint density at radius 1 is 1.48 bits per heavy atom. The van der Waals surface area contributed by atoms with Crippen LogP contribution in [0, 0.1) is 11.3 Å². The van der Waals surface area contributed by atoms with Crippen molar-refractivity contribution in [3.05, 3.63) is 24.3 Å². The van der Waals surface area contributed by atoms with Crippen molar-refractivity contribution in [2.75, 3.05) is 0 Å². The van der Waals surface area contributed by atoms with Gasteiger partial charge in [-0.1, -0.05) is 23.9 Å². The molecule has 1 aromatic heterocycles. The molecule has 110 valence electrons. The lowest BCUT2D eigenvalue weighted by Crippen LogP contribution is -2.45. The Morgan fingerprint density at radius 2 is 2.29 bits per heavy atom. The molecule has 0 radical (unpaired) electrons. The molecule has 1 aromatic carbocycles. The van der Waals surface area contributed by atoms with E-state index in [0.29, 0.717) is 11.3 Å². The molecule has 0 bridgehead atoms. The van der Waals surface area contributed by atoms with E-state index in [2.05, 4.69) is 48.4 Å². The van der Waals surface area contributed by atoms with E-state index in [1.165, 1.54) is 4.70 Å². The standard InChI is InChI=1S/C16H19N3S2/c1-11(2)19-16(10-17)8-7-12(9-16)20-15-18-13-5-3-4-6-14(13)21-15/h3-6,11-12,19H,7-9H2,1-2H3. The van der Waals surface area contributed by atoms with Gasteiger partial charge in [-0.05, 0) is 45.2 Å². The average Bonchev–Trinajstić information content (AvgIpc) is 3.02. The van der Waals surface area contributed by atoms with Gasteiger partial charge in [0.1, 0.15) is 5.54 Å². The first kappa shape index (κ1) is 14.8. The third kappa shape index (κ3) is 3.23. The number of fused-ring (bicyclic) bond motifs is 1. The summed E-state index contributed by atoms with van der Waals surface area (Å²) in [7, 11) is 0. The molecule has 3 rings (SSSR count). The summed E-state index contributed by atoms with van der Waals surface area (Å²) in [6, 6.07) is 11.1. The Labute approximate surface area is 133 Å². The zero-order valence-corrected chi connectivity index (χ0v) is 13.9. The molecule has 0 spiro atoms. The Kier molecular flexibility index (Phi) is 4.21. The first-order valence-corrected chi connectivity index (χ1v) is 9.01. The zero-order chi connectivity index (χ0) is 14.9. The fraction of sp³-hybridized carbons (Fsp3) is 0.500. The third-order valence-electron chi connectivity index (χ3n) is 3.79. The second-order valence-corrected chi connectivity index (χ2v) is 8.50. The fourth-order valence-electron chi connectivity index (χ4n) is 2.96. The third-order valence-corrected chi connectivity index (χ3v) is 6.19. The summed E-state index contributed by atoms with van der Waals surface area (Å²) >= 11 is 3.59. The maximum Gasteiger partial charge on any atom is 0.151 e. The molecule has 2 atom stereocenters. The number of nitrogens with zero attached hydrogens (tertiary/aromatic N) is 2. The Morgan fingerprint density at radius 3 is 3.00 bits per heavy atom. The highest BCUT2D eigenvalue weighted by Gasteiger charge is 2.40. The van der Waals surface area contributed by atoms with E-state index >= 15 is 0 Å². The molecule has 2 unspecified atom stereocenters. The van der Waals surface area contributed by atoms with Crippen molar-refractivity contribution in [2.45, 2.75) is 54.3 Å². The van der Waals surface area contributed by atoms with Gasteiger partial charge in [0.2, 0.25) is 0 Å². The number of hydrogen-bond acceptors (Lipinski definition) is 5. The van der Waals surface area contributed by atoms with Gasteiger partial charge >= 0.3 is 0 Å². The monoisotopic (exact) mass is 317 g/mol. The van der Waals surface area contributed by atoms with Gasteiger partial charge in [-0.25, -0.2) is 4.98 Å². The molecule has 0 saturated heterocycles. The largest absolute Gasteiger partial charge is 0.297 e. The van der Waals surface area contributed by atoms with Crippen molar-refractivity contribution in [3.8, 4) is 6.07 Å². The van der Waals surface area contributed by atoms with Crippen LogP contribution in [0.3, 0.4) is 0 Å². The van der Waals surface area contributed by atoms with Crippen LogP contribution in [0.5, 0.6) is 0 Å². The number of hydrogen-bond donors (Lipinski definition) is 1. The highest BCUT2D eigenvalue weighted by atomic mass is 32.2. The molecule has 2 aromatic rings. The smallest absolute Gasteiger partial charge is 0.151 e. The SMILES string of the molecule is CC(C)NC1(C#N)CCC(Sc2nc3ccccc3s2)C1. The molecule has 3 nitrogen and oxygen atoms in total. The van der Waals surface area contributed by atoms with Crippen LogP contribution in [0.25, 0.3) is 10.2 Å². The lowest BCUT2D eigenvalue weighted by Gasteiger charge is -2.25. The Balaban J connectivity index is 1.70. The first-order valence-electron chi connectivity index (χ1n) is 7.31. The minimum Gasteiger partial charge on any atom is -0.297 e. The summed E-state index contributed by atoms with van der Waals surface area (Å²) in [4.78, 5) is 4.69. The molecule has 1 N–H and O–H groups in total. The summed E-state index contributed by atoms with van der Waals surface area (Å²) in [6.45, 7) is 4.21. The van der Waals surface area contributed by atoms with E-state index in [1.807, 2.05) is 17.8 Å². The number of benzene rings is 1. The van der Waals surface area contributed by atoms with Crippen LogP contribution in [-0.2, 0) is 0 Å². The summed E-state index contributed by atoms with van der Waals surface area (Å²) < 4.78 is 2.37. The Bertz CT molecular complexity index is 640. The van der Waals surface area contributed by atoms with Crippen LogP contribution in [0.2, 0.25) is 0 Å². The number of rotatable bonds is 4. The predicted octanol–water partition coefficient (Wildman–Crippen LogP) is 4.20. The van der Waals surface area contributed by atoms with Crippen LogP contribution in [0.15, 0.2) is 28.6 Å². The van der Waals surface area contributed by atoms with E-state index in [4.69, 9.17) is 0 Å². The second-order valence-electron chi connectivity index (χ2n) is 5.92. The van der Waals surface area contributed by atoms with Gasteiger partial charge in [-0.2, -0.15) is 5.26 Å². The normalized spacial score (nSPS) is 25.5. The molecule has 21 heavy (non-hydrogen) atoms. The quantitative estimate of drug-likeness (QED) is 0.918. The van der Waals surface area contributed by atoms with Gasteiger partial charge in [-0.15, -0.1) is 11.3 Å². The van der Waals surface area contributed by atoms with E-state index in [1.54, 1.807) is 11.3 Å². The number of thiazole rings is 1. The maximum atomic E-state index is 9.53. The molecule has 1 saturated carbocycles. The van der Waals surface area contributed by atoms with Crippen LogP contribution < -0.4 is 5.32 Å². The van der Waals surface area contributed by atoms with Crippen molar-refractivity contribution in [1.82, 2.24) is 10.3 Å². The number of aromatic nitrogens is 1. The zero-order valence-electron chi connectivity index (χ0n) is 12.3. The number of nitrogens with one attached hydrogen (secondary N) is 1. The first-order chi connectivity index (χ1) is 10.1. The van der Waals surface area contributed by atoms with E-state index in [0.717, 1.165) is 29.1 Å². The van der Waals surface area contributed by atoms with Gasteiger partial charge < -0.3 is 0 Å². The van der Waals surface area contributed by atoms with E-state index < -0.39 is 0 Å². The molecule has 5 heteroatoms. The van der Waals surface area contributed by atoms with Crippen LogP contribution in [-0.4, -0.2) is 21.8 Å². The predicted molar refractivity (Wildman–Crippen MR) is 89.7 cm³/mol. The van der Waals surface area contributed by atoms with Crippen molar-refractivity contribution in [2.24, 2.45) is 0 Å². The fourth-order valence-corrected chi connectivity index (χ4v) is 5.57. The molecule has 0 amide bonds. The molecule has 0 aliphatic heterocycles. The van der Waals surface area contributed by atoms with Gasteiger partial charge in [0.25, 0.3) is 0 Å². The number of thioether (sulfide) groups is 1. The van der Waals surface area contributed by atoms with Gasteiger partial charge in [0, 0.05) is 11.3 Å². The minimum absolute atomic E-state index is 0.343. The van der Waals surface area contributed by atoms with Crippen LogP contribution in [0.4, 0.5) is 0 Å². The maximum absolute atomic E-state index is 9.53. The van der Waals surface area contributed by atoms with Crippen LogP contribution >= 0.6 is 23.1 Å². The summed E-state index contributed by atoms with van der Waals surface area (Å²) in [5, 5.41) is 13.5. The van der Waals surface area contributed by atoms with Gasteiger partial charge in [0.05, 0.1) is 16.3 Å². The van der Waals surface area contributed by atoms with Crippen molar-refractivity contribution in [3.63, 3.8) is 0 Å². The molecule has 1 heterocycles. The molecular weight excluding hydrogens is 298 g/mol. The second kappa shape index (κ2) is 5.96. The van der Waals surface area contributed by atoms with Crippen molar-refractivity contribution >= 4 is 33.3 Å². The Hall–Kier alpha value is -1.09. The number of para-hydroxylation sites is 1. The summed E-state index contributed by atoms with van der Waals surface area (Å²) in [5.41, 5.74) is 0.734. The van der Waals surface area contributed by atoms with Crippen LogP contribution in [0.1, 0.15) is 33.1 Å². The number of nitriles is 1. The highest BCUT2D eigenvalue weighted by Crippen LogP contribution is 2.42. The minimum atomic E-state index is -0.345.